The number of likely N-dealkylation sites (tertiary alicyclic amines) is 1. The van der Waals surface area contributed by atoms with Gasteiger partial charge in [0.05, 0.1) is 12.2 Å². The third-order valence-corrected chi connectivity index (χ3v) is 5.15. The molecule has 1 aliphatic heterocycles. The van der Waals surface area contributed by atoms with Crippen LogP contribution in [0.15, 0.2) is 43.1 Å². The van der Waals surface area contributed by atoms with Crippen LogP contribution in [0.4, 0.5) is 11.6 Å². The Morgan fingerprint density at radius 3 is 2.74 bits per heavy atom. The molecule has 1 N–H and O–H groups in total. The van der Waals surface area contributed by atoms with Crippen molar-refractivity contribution in [2.45, 2.75) is 32.2 Å². The first-order valence-electron chi connectivity index (χ1n) is 9.39. The summed E-state index contributed by atoms with van der Waals surface area (Å²) in [5, 5.41) is 3.39. The van der Waals surface area contributed by atoms with Gasteiger partial charge in [0.25, 0.3) is 0 Å². The second kappa shape index (κ2) is 7.84. The maximum absolute atomic E-state index is 4.68. The zero-order valence-corrected chi connectivity index (χ0v) is 15.8. The van der Waals surface area contributed by atoms with Gasteiger partial charge in [-0.3, -0.25) is 9.88 Å². The van der Waals surface area contributed by atoms with Crippen molar-refractivity contribution in [3.05, 3.63) is 60.2 Å². The molecule has 3 aromatic heterocycles. The zero-order valence-electron chi connectivity index (χ0n) is 15.8. The Morgan fingerprint density at radius 1 is 1.07 bits per heavy atom. The molecule has 7 heteroatoms. The number of hydrogen-bond donors (Lipinski definition) is 1. The number of rotatable bonds is 5. The van der Waals surface area contributed by atoms with Crippen LogP contribution < -0.4 is 5.32 Å². The van der Waals surface area contributed by atoms with Crippen LogP contribution in [0, 0.1) is 6.92 Å². The second-order valence-electron chi connectivity index (χ2n) is 7.11. The van der Waals surface area contributed by atoms with Crippen molar-refractivity contribution < 1.29 is 0 Å². The first-order valence-corrected chi connectivity index (χ1v) is 9.39. The van der Waals surface area contributed by atoms with E-state index in [-0.39, 0.29) is 0 Å². The molecule has 0 saturated carbocycles. The lowest BCUT2D eigenvalue weighted by molar-refractivity contribution is 0.193. The van der Waals surface area contributed by atoms with Gasteiger partial charge in [-0.1, -0.05) is 6.07 Å². The summed E-state index contributed by atoms with van der Waals surface area (Å²) in [5.74, 6) is 3.08. The predicted molar refractivity (Wildman–Crippen MR) is 105 cm³/mol. The van der Waals surface area contributed by atoms with E-state index in [1.807, 2.05) is 38.5 Å². The quantitative estimate of drug-likeness (QED) is 0.751. The predicted octanol–water partition coefficient (Wildman–Crippen LogP) is 3.04. The van der Waals surface area contributed by atoms with E-state index in [0.717, 1.165) is 61.2 Å². The zero-order chi connectivity index (χ0) is 18.6. The van der Waals surface area contributed by atoms with E-state index in [1.165, 1.54) is 0 Å². The minimum Gasteiger partial charge on any atom is -0.337 e. The monoisotopic (exact) mass is 363 g/mol. The van der Waals surface area contributed by atoms with Crippen LogP contribution in [0.25, 0.3) is 0 Å². The number of aromatic nitrogens is 5. The average molecular weight is 363 g/mol. The van der Waals surface area contributed by atoms with Gasteiger partial charge in [0.1, 0.15) is 11.6 Å². The van der Waals surface area contributed by atoms with Crippen molar-refractivity contribution in [1.29, 1.82) is 0 Å². The van der Waals surface area contributed by atoms with Crippen molar-refractivity contribution in [2.75, 3.05) is 18.4 Å². The van der Waals surface area contributed by atoms with Gasteiger partial charge < -0.3 is 9.88 Å². The van der Waals surface area contributed by atoms with Crippen LogP contribution in [0.5, 0.6) is 0 Å². The number of aryl methyl sites for hydroxylation is 2. The van der Waals surface area contributed by atoms with Crippen LogP contribution in [-0.4, -0.2) is 42.5 Å². The van der Waals surface area contributed by atoms with Gasteiger partial charge in [-0.05, 0) is 37.9 Å². The Morgan fingerprint density at radius 2 is 1.93 bits per heavy atom. The normalized spacial score (nSPS) is 17.8. The Kier molecular flexibility index (Phi) is 5.11. The maximum Gasteiger partial charge on any atom is 0.153 e. The van der Waals surface area contributed by atoms with Gasteiger partial charge in [-0.15, -0.1) is 0 Å². The standard InChI is InChI=1S/C20H25N7/c1-15-5-3-7-23-19(15)25-20-18(22-8-9-24-20)16-6-4-11-27(13-16)14-17-21-10-12-26(17)2/h3,5,7-10,12,16H,4,6,11,13-14H2,1-2H3,(H,23,24,25). The first kappa shape index (κ1) is 17.6. The van der Waals surface area contributed by atoms with E-state index in [0.29, 0.717) is 5.92 Å². The smallest absolute Gasteiger partial charge is 0.153 e. The summed E-state index contributed by atoms with van der Waals surface area (Å²) in [6.07, 6.45) is 11.4. The van der Waals surface area contributed by atoms with E-state index in [9.17, 15) is 0 Å². The molecule has 0 aromatic carbocycles. The van der Waals surface area contributed by atoms with E-state index in [1.54, 1.807) is 18.6 Å². The van der Waals surface area contributed by atoms with Crippen LogP contribution >= 0.6 is 0 Å². The third kappa shape index (κ3) is 3.98. The summed E-state index contributed by atoms with van der Waals surface area (Å²) in [6.45, 7) is 4.95. The molecule has 27 heavy (non-hydrogen) atoms. The van der Waals surface area contributed by atoms with Gasteiger partial charge in [0, 0.05) is 50.5 Å². The molecule has 1 unspecified atom stereocenters. The molecule has 0 bridgehead atoms. The number of imidazole rings is 1. The largest absolute Gasteiger partial charge is 0.337 e. The molecule has 0 radical (unpaired) electrons. The van der Waals surface area contributed by atoms with Crippen molar-refractivity contribution in [3.63, 3.8) is 0 Å². The molecule has 140 valence electrons. The summed E-state index contributed by atoms with van der Waals surface area (Å²) < 4.78 is 2.09. The number of anilines is 2. The van der Waals surface area contributed by atoms with Gasteiger partial charge in [0.15, 0.2) is 5.82 Å². The number of hydrogen-bond acceptors (Lipinski definition) is 6. The first-order chi connectivity index (χ1) is 13.2. The second-order valence-corrected chi connectivity index (χ2v) is 7.11. The molecule has 4 heterocycles. The van der Waals surface area contributed by atoms with Gasteiger partial charge >= 0.3 is 0 Å². The van der Waals surface area contributed by atoms with Crippen molar-refractivity contribution in [2.24, 2.45) is 7.05 Å². The summed E-state index contributed by atoms with van der Waals surface area (Å²) in [4.78, 5) is 20.6. The molecule has 1 atom stereocenters. The molecule has 0 spiro atoms. The average Bonchev–Trinajstić information content (AvgIpc) is 3.09. The molecule has 7 nitrogen and oxygen atoms in total. The number of piperidine rings is 1. The van der Waals surface area contributed by atoms with Gasteiger partial charge in [-0.25, -0.2) is 15.0 Å². The lowest BCUT2D eigenvalue weighted by Gasteiger charge is -2.32. The van der Waals surface area contributed by atoms with Crippen molar-refractivity contribution in [1.82, 2.24) is 29.4 Å². The van der Waals surface area contributed by atoms with Crippen LogP contribution in [0.1, 0.15) is 35.8 Å². The van der Waals surface area contributed by atoms with E-state index < -0.39 is 0 Å². The molecule has 1 aliphatic rings. The van der Waals surface area contributed by atoms with Crippen molar-refractivity contribution >= 4 is 11.6 Å². The molecule has 0 aliphatic carbocycles. The van der Waals surface area contributed by atoms with Crippen LogP contribution in [0.3, 0.4) is 0 Å². The Bertz CT molecular complexity index is 905. The molecular formula is C20H25N7. The summed E-state index contributed by atoms with van der Waals surface area (Å²) >= 11 is 0. The lowest BCUT2D eigenvalue weighted by Crippen LogP contribution is -2.35. The Hall–Kier alpha value is -2.80. The van der Waals surface area contributed by atoms with Gasteiger partial charge in [0.2, 0.25) is 0 Å². The summed E-state index contributed by atoms with van der Waals surface area (Å²) in [5.41, 5.74) is 2.11. The fourth-order valence-electron chi connectivity index (χ4n) is 3.64. The number of nitrogens with zero attached hydrogens (tertiary/aromatic N) is 6. The molecular weight excluding hydrogens is 338 g/mol. The number of pyridine rings is 1. The highest BCUT2D eigenvalue weighted by Crippen LogP contribution is 2.31. The maximum atomic E-state index is 4.68. The molecule has 1 fully saturated rings. The van der Waals surface area contributed by atoms with E-state index in [4.69, 9.17) is 0 Å². The topological polar surface area (TPSA) is 71.8 Å². The lowest BCUT2D eigenvalue weighted by atomic mass is 9.94. The summed E-state index contributed by atoms with van der Waals surface area (Å²) in [6, 6.07) is 3.98. The highest BCUT2D eigenvalue weighted by atomic mass is 15.2. The molecule has 3 aromatic rings. The van der Waals surface area contributed by atoms with E-state index >= 15 is 0 Å². The highest BCUT2D eigenvalue weighted by molar-refractivity contribution is 5.57. The Labute approximate surface area is 159 Å². The fourth-order valence-corrected chi connectivity index (χ4v) is 3.64. The Balaban J connectivity index is 1.52. The molecule has 4 rings (SSSR count). The molecule has 1 saturated heterocycles. The SMILES string of the molecule is Cc1cccnc1Nc1nccnc1C1CCCN(Cc2nccn2C)C1. The van der Waals surface area contributed by atoms with Gasteiger partial charge in [-0.2, -0.15) is 0 Å². The minimum absolute atomic E-state index is 0.347. The van der Waals surface area contributed by atoms with Crippen LogP contribution in [0.2, 0.25) is 0 Å². The highest BCUT2D eigenvalue weighted by Gasteiger charge is 2.26. The summed E-state index contributed by atoms with van der Waals surface area (Å²) in [7, 11) is 2.05. The van der Waals surface area contributed by atoms with E-state index in [2.05, 4.69) is 34.7 Å². The van der Waals surface area contributed by atoms with Crippen molar-refractivity contribution in [3.8, 4) is 0 Å². The molecule has 0 amide bonds. The third-order valence-electron chi connectivity index (χ3n) is 5.15. The van der Waals surface area contributed by atoms with Crippen LogP contribution in [-0.2, 0) is 13.6 Å². The number of nitrogens with one attached hydrogen (secondary N) is 1. The fraction of sp³-hybridized carbons (Fsp3) is 0.400. The minimum atomic E-state index is 0.347.